The molecule has 0 spiro atoms. The molecule has 1 aliphatic rings. The van der Waals surface area contributed by atoms with Gasteiger partial charge in [0.15, 0.2) is 0 Å². The van der Waals surface area contributed by atoms with E-state index in [1.165, 1.54) is 5.56 Å². The lowest BCUT2D eigenvalue weighted by atomic mass is 10.2. The van der Waals surface area contributed by atoms with Crippen LogP contribution in [0.4, 0.5) is 5.82 Å². The number of rotatable bonds is 7. The first kappa shape index (κ1) is 18.6. The van der Waals surface area contributed by atoms with Crippen molar-refractivity contribution in [2.45, 2.75) is 25.6 Å². The molecule has 0 amide bonds. The van der Waals surface area contributed by atoms with Crippen LogP contribution in [0.1, 0.15) is 17.7 Å². The normalized spacial score (nSPS) is 17.7. The maximum atomic E-state index is 6.21. The van der Waals surface area contributed by atoms with Crippen molar-refractivity contribution in [1.82, 2.24) is 19.8 Å². The summed E-state index contributed by atoms with van der Waals surface area (Å²) in [5.41, 5.74) is 2.33. The van der Waals surface area contributed by atoms with Gasteiger partial charge in [-0.1, -0.05) is 0 Å². The van der Waals surface area contributed by atoms with E-state index in [2.05, 4.69) is 38.0 Å². The Morgan fingerprint density at radius 2 is 1.92 bits per heavy atom. The number of pyridine rings is 2. The molecule has 0 saturated carbocycles. The van der Waals surface area contributed by atoms with Crippen molar-refractivity contribution in [1.29, 1.82) is 0 Å². The van der Waals surface area contributed by atoms with Gasteiger partial charge in [-0.25, -0.2) is 4.98 Å². The van der Waals surface area contributed by atoms with Crippen LogP contribution in [0.2, 0.25) is 0 Å². The van der Waals surface area contributed by atoms with Gasteiger partial charge < -0.3 is 14.5 Å². The summed E-state index contributed by atoms with van der Waals surface area (Å²) in [4.78, 5) is 15.4. The average Bonchev–Trinajstić information content (AvgIpc) is 3.01. The summed E-state index contributed by atoms with van der Waals surface area (Å²) < 4.78 is 6.21. The molecule has 6 nitrogen and oxygen atoms in total. The summed E-state index contributed by atoms with van der Waals surface area (Å²) in [6, 6.07) is 8.26. The Bertz CT molecular complexity index is 719. The van der Waals surface area contributed by atoms with E-state index >= 15 is 0 Å². The highest BCUT2D eigenvalue weighted by Gasteiger charge is 2.24. The SMILES string of the molecule is CN(C)Cc1cc(OC2CCN(Cc3ccnc(N(C)C)c3)C2)ccn1. The van der Waals surface area contributed by atoms with Crippen molar-refractivity contribution in [3.63, 3.8) is 0 Å². The summed E-state index contributed by atoms with van der Waals surface area (Å²) in [5.74, 6) is 1.92. The second kappa shape index (κ2) is 8.47. The van der Waals surface area contributed by atoms with Crippen LogP contribution in [-0.2, 0) is 13.1 Å². The number of ether oxygens (including phenoxy) is 1. The van der Waals surface area contributed by atoms with E-state index in [1.807, 2.05) is 51.6 Å². The molecule has 2 aromatic heterocycles. The van der Waals surface area contributed by atoms with E-state index in [4.69, 9.17) is 4.74 Å². The van der Waals surface area contributed by atoms with Crippen molar-refractivity contribution >= 4 is 5.82 Å². The number of likely N-dealkylation sites (tertiary alicyclic amines) is 1. The highest BCUT2D eigenvalue weighted by atomic mass is 16.5. The van der Waals surface area contributed by atoms with E-state index in [1.54, 1.807) is 0 Å². The monoisotopic (exact) mass is 355 g/mol. The second-order valence-electron chi connectivity index (χ2n) is 7.40. The van der Waals surface area contributed by atoms with Gasteiger partial charge in [-0.15, -0.1) is 0 Å². The molecule has 1 saturated heterocycles. The Labute approximate surface area is 156 Å². The van der Waals surface area contributed by atoms with Crippen LogP contribution in [0.15, 0.2) is 36.7 Å². The van der Waals surface area contributed by atoms with Crippen molar-refractivity contribution in [2.75, 3.05) is 46.2 Å². The quantitative estimate of drug-likeness (QED) is 0.759. The number of hydrogen-bond acceptors (Lipinski definition) is 6. The zero-order valence-electron chi connectivity index (χ0n) is 16.2. The molecule has 3 heterocycles. The zero-order chi connectivity index (χ0) is 18.5. The van der Waals surface area contributed by atoms with E-state index < -0.39 is 0 Å². The molecular formula is C20H29N5O. The van der Waals surface area contributed by atoms with Crippen LogP contribution in [0.3, 0.4) is 0 Å². The molecule has 0 aliphatic carbocycles. The van der Waals surface area contributed by atoms with Crippen LogP contribution in [0, 0.1) is 0 Å². The van der Waals surface area contributed by atoms with Crippen LogP contribution < -0.4 is 9.64 Å². The van der Waals surface area contributed by atoms with Crippen molar-refractivity contribution in [3.05, 3.63) is 47.9 Å². The van der Waals surface area contributed by atoms with Crippen molar-refractivity contribution < 1.29 is 4.74 Å². The first-order valence-corrected chi connectivity index (χ1v) is 9.10. The van der Waals surface area contributed by atoms with Gasteiger partial charge in [-0.2, -0.15) is 0 Å². The topological polar surface area (TPSA) is 44.7 Å². The molecule has 1 aliphatic heterocycles. The van der Waals surface area contributed by atoms with Gasteiger partial charge in [0, 0.05) is 58.7 Å². The third kappa shape index (κ3) is 5.16. The summed E-state index contributed by atoms with van der Waals surface area (Å²) in [5, 5.41) is 0. The van der Waals surface area contributed by atoms with Gasteiger partial charge >= 0.3 is 0 Å². The average molecular weight is 355 g/mol. The molecule has 2 aromatic rings. The molecule has 0 aromatic carbocycles. The Morgan fingerprint density at radius 1 is 1.12 bits per heavy atom. The number of hydrogen-bond donors (Lipinski definition) is 0. The van der Waals surface area contributed by atoms with Gasteiger partial charge in [-0.3, -0.25) is 9.88 Å². The fraction of sp³-hybridized carbons (Fsp3) is 0.500. The van der Waals surface area contributed by atoms with Crippen LogP contribution in [-0.4, -0.2) is 67.2 Å². The van der Waals surface area contributed by atoms with Crippen LogP contribution in [0.25, 0.3) is 0 Å². The minimum atomic E-state index is 0.236. The Morgan fingerprint density at radius 3 is 2.69 bits per heavy atom. The predicted octanol–water partition coefficient (Wildman–Crippen LogP) is 2.26. The van der Waals surface area contributed by atoms with Gasteiger partial charge in [0.05, 0.1) is 5.69 Å². The molecule has 1 fully saturated rings. The molecule has 6 heteroatoms. The maximum Gasteiger partial charge on any atom is 0.128 e. The fourth-order valence-corrected chi connectivity index (χ4v) is 3.23. The minimum absolute atomic E-state index is 0.236. The van der Waals surface area contributed by atoms with Crippen LogP contribution in [0.5, 0.6) is 5.75 Å². The third-order valence-corrected chi connectivity index (χ3v) is 4.47. The molecule has 0 radical (unpaired) electrons. The third-order valence-electron chi connectivity index (χ3n) is 4.47. The number of aromatic nitrogens is 2. The molecule has 3 rings (SSSR count). The molecule has 26 heavy (non-hydrogen) atoms. The fourth-order valence-electron chi connectivity index (χ4n) is 3.23. The molecule has 0 bridgehead atoms. The lowest BCUT2D eigenvalue weighted by Gasteiger charge is -2.18. The lowest BCUT2D eigenvalue weighted by molar-refractivity contribution is 0.198. The highest BCUT2D eigenvalue weighted by Crippen LogP contribution is 2.21. The maximum absolute atomic E-state index is 6.21. The first-order valence-electron chi connectivity index (χ1n) is 9.10. The van der Waals surface area contributed by atoms with Gasteiger partial charge in [0.1, 0.15) is 17.7 Å². The Balaban J connectivity index is 1.55. The zero-order valence-corrected chi connectivity index (χ0v) is 16.2. The van der Waals surface area contributed by atoms with Gasteiger partial charge in [0.2, 0.25) is 0 Å². The van der Waals surface area contributed by atoms with E-state index in [-0.39, 0.29) is 6.10 Å². The Hall–Kier alpha value is -2.18. The van der Waals surface area contributed by atoms with Crippen LogP contribution >= 0.6 is 0 Å². The molecule has 1 unspecified atom stereocenters. The second-order valence-corrected chi connectivity index (χ2v) is 7.40. The smallest absolute Gasteiger partial charge is 0.128 e. The van der Waals surface area contributed by atoms with Crippen molar-refractivity contribution in [3.8, 4) is 5.75 Å². The summed E-state index contributed by atoms with van der Waals surface area (Å²) in [6.45, 7) is 3.76. The molecule has 0 N–H and O–H groups in total. The standard InChI is InChI=1S/C20H29N5O/c1-23(2)14-17-12-18(6-9-21-17)26-19-7-10-25(15-19)13-16-5-8-22-20(11-16)24(3)4/h5-6,8-9,11-12,19H,7,10,13-15H2,1-4H3. The van der Waals surface area contributed by atoms with Crippen molar-refractivity contribution in [2.24, 2.45) is 0 Å². The first-order chi connectivity index (χ1) is 12.5. The molecule has 140 valence electrons. The summed E-state index contributed by atoms with van der Waals surface area (Å²) >= 11 is 0. The molecular weight excluding hydrogens is 326 g/mol. The lowest BCUT2D eigenvalue weighted by Crippen LogP contribution is -2.25. The van der Waals surface area contributed by atoms with E-state index in [0.29, 0.717) is 0 Å². The number of anilines is 1. The van der Waals surface area contributed by atoms with Gasteiger partial charge in [-0.05, 0) is 44.3 Å². The molecule has 1 atom stereocenters. The summed E-state index contributed by atoms with van der Waals surface area (Å²) in [6.07, 6.45) is 5.01. The van der Waals surface area contributed by atoms with E-state index in [0.717, 1.165) is 49.9 Å². The predicted molar refractivity (Wildman–Crippen MR) is 105 cm³/mol. The van der Waals surface area contributed by atoms with Gasteiger partial charge in [0.25, 0.3) is 0 Å². The number of nitrogens with zero attached hydrogens (tertiary/aromatic N) is 5. The Kier molecular flexibility index (Phi) is 6.06. The van der Waals surface area contributed by atoms with E-state index in [9.17, 15) is 0 Å². The highest BCUT2D eigenvalue weighted by molar-refractivity contribution is 5.39. The minimum Gasteiger partial charge on any atom is -0.489 e. The summed E-state index contributed by atoms with van der Waals surface area (Å²) in [7, 11) is 8.13. The largest absolute Gasteiger partial charge is 0.489 e.